The largest absolute Gasteiger partial charge is 0.457 e. The predicted octanol–water partition coefficient (Wildman–Crippen LogP) is 4.57. The first-order chi connectivity index (χ1) is 28.7. The summed E-state index contributed by atoms with van der Waals surface area (Å²) in [6, 6.07) is 23.5. The van der Waals surface area contributed by atoms with Gasteiger partial charge in [-0.15, -0.1) is 0 Å². The van der Waals surface area contributed by atoms with Gasteiger partial charge in [-0.05, 0) is 93.1 Å². The third-order valence-electron chi connectivity index (χ3n) is 12.6. The second-order valence-electron chi connectivity index (χ2n) is 16.1. The molecule has 4 fully saturated rings. The Bertz CT molecular complexity index is 2360. The summed E-state index contributed by atoms with van der Waals surface area (Å²) in [5.41, 5.74) is 10.9. The van der Waals surface area contributed by atoms with Gasteiger partial charge in [0.15, 0.2) is 5.65 Å². The summed E-state index contributed by atoms with van der Waals surface area (Å²) < 4.78 is 8.08. The fraction of sp³-hybridized carbons (Fsp3) is 0.386. The Balaban J connectivity index is 0.783. The number of carbonyl (C=O) groups excluding carboxylic acids is 4. The van der Waals surface area contributed by atoms with Crippen LogP contribution in [0.5, 0.6) is 11.5 Å². The van der Waals surface area contributed by atoms with E-state index in [4.69, 9.17) is 15.6 Å². The van der Waals surface area contributed by atoms with Gasteiger partial charge in [-0.25, -0.2) is 14.6 Å². The van der Waals surface area contributed by atoms with Crippen LogP contribution in [0.3, 0.4) is 0 Å². The number of nitrogens with zero attached hydrogens (tertiary/aromatic N) is 8. The average Bonchev–Trinajstić information content (AvgIpc) is 3.64. The summed E-state index contributed by atoms with van der Waals surface area (Å²) >= 11 is 0. The van der Waals surface area contributed by atoms with Gasteiger partial charge in [-0.3, -0.25) is 34.3 Å². The van der Waals surface area contributed by atoms with Gasteiger partial charge in [0, 0.05) is 74.6 Å². The summed E-state index contributed by atoms with van der Waals surface area (Å²) in [6.07, 6.45) is 6.31. The van der Waals surface area contributed by atoms with E-state index in [2.05, 4.69) is 34.7 Å². The van der Waals surface area contributed by atoms with E-state index in [1.165, 1.54) is 6.33 Å². The van der Waals surface area contributed by atoms with Gasteiger partial charge in [0.25, 0.3) is 5.91 Å². The molecule has 0 spiro atoms. The van der Waals surface area contributed by atoms with E-state index in [9.17, 15) is 19.2 Å². The fourth-order valence-corrected chi connectivity index (χ4v) is 9.15. The zero-order chi connectivity index (χ0) is 40.6. The van der Waals surface area contributed by atoms with Crippen LogP contribution in [0.4, 0.5) is 11.5 Å². The minimum absolute atomic E-state index is 0.0824. The fourth-order valence-electron chi connectivity index (χ4n) is 9.15. The maximum absolute atomic E-state index is 13.5. The van der Waals surface area contributed by atoms with Crippen molar-refractivity contribution in [2.45, 2.75) is 69.6 Å². The normalized spacial score (nSPS) is 20.0. The molecule has 59 heavy (non-hydrogen) atoms. The van der Waals surface area contributed by atoms with Crippen LogP contribution in [0.15, 0.2) is 79.1 Å². The minimum Gasteiger partial charge on any atom is -0.457 e. The lowest BCUT2D eigenvalue weighted by molar-refractivity contribution is -0.139. The van der Waals surface area contributed by atoms with Gasteiger partial charge in [-0.2, -0.15) is 5.10 Å². The summed E-state index contributed by atoms with van der Waals surface area (Å²) in [7, 11) is 0. The molecule has 4 saturated heterocycles. The molecule has 3 aromatic carbocycles. The molecule has 4 aliphatic rings. The SMILES string of the molecule is Cc1ccc(N2CC(N3CCC(N4CCC(n5nc(-c6ccc(Oc7ccccc7)cc6)c6c(N)ncnc65)CC4)CC3)C2)cc1C(=O)N(C=O)C1CCC(=O)NC1=O. The Morgan fingerprint density at radius 1 is 0.847 bits per heavy atom. The van der Waals surface area contributed by atoms with Gasteiger partial charge < -0.3 is 20.3 Å². The first-order valence-corrected chi connectivity index (χ1v) is 20.5. The second kappa shape index (κ2) is 16.2. The molecule has 304 valence electrons. The lowest BCUT2D eigenvalue weighted by Crippen LogP contribution is -2.62. The molecule has 1 atom stereocenters. The highest BCUT2D eigenvalue weighted by Gasteiger charge is 2.38. The molecule has 5 aromatic rings. The van der Waals surface area contributed by atoms with Gasteiger partial charge in [0.2, 0.25) is 18.2 Å². The second-order valence-corrected chi connectivity index (χ2v) is 16.1. The van der Waals surface area contributed by atoms with Crippen LogP contribution in [0.2, 0.25) is 0 Å². The van der Waals surface area contributed by atoms with Crippen LogP contribution in [0.25, 0.3) is 22.3 Å². The number of likely N-dealkylation sites (tertiary alicyclic amines) is 2. The molecule has 4 amide bonds. The predicted molar refractivity (Wildman–Crippen MR) is 222 cm³/mol. The third-order valence-corrected chi connectivity index (χ3v) is 12.6. The molecule has 15 nitrogen and oxygen atoms in total. The van der Waals surface area contributed by atoms with E-state index in [0.29, 0.717) is 29.9 Å². The number of fused-ring (bicyclic) bond motifs is 1. The van der Waals surface area contributed by atoms with E-state index in [-0.39, 0.29) is 18.9 Å². The highest BCUT2D eigenvalue weighted by molar-refractivity contribution is 6.08. The monoisotopic (exact) mass is 796 g/mol. The number of imide groups is 2. The zero-order valence-corrected chi connectivity index (χ0v) is 33.1. The molecule has 0 saturated carbocycles. The van der Waals surface area contributed by atoms with E-state index < -0.39 is 23.8 Å². The lowest BCUT2D eigenvalue weighted by atomic mass is 9.95. The van der Waals surface area contributed by atoms with Crippen LogP contribution in [0.1, 0.15) is 60.5 Å². The van der Waals surface area contributed by atoms with Crippen LogP contribution in [0, 0.1) is 6.92 Å². The highest BCUT2D eigenvalue weighted by atomic mass is 16.5. The number of anilines is 2. The number of nitrogens with two attached hydrogens (primary N) is 1. The summed E-state index contributed by atoms with van der Waals surface area (Å²) in [4.78, 5) is 67.0. The summed E-state index contributed by atoms with van der Waals surface area (Å²) in [5.74, 6) is 0.391. The number of carbonyl (C=O) groups is 4. The maximum atomic E-state index is 13.5. The molecule has 4 aliphatic heterocycles. The van der Waals surface area contributed by atoms with E-state index in [1.54, 1.807) is 0 Å². The number of nitrogens with one attached hydrogen (secondary N) is 1. The zero-order valence-electron chi connectivity index (χ0n) is 33.1. The van der Waals surface area contributed by atoms with Crippen molar-refractivity contribution in [2.75, 3.05) is 49.9 Å². The molecule has 1 unspecified atom stereocenters. The van der Waals surface area contributed by atoms with Crippen molar-refractivity contribution in [2.24, 2.45) is 0 Å². The summed E-state index contributed by atoms with van der Waals surface area (Å²) in [6.45, 7) is 7.61. The Morgan fingerprint density at radius 2 is 1.53 bits per heavy atom. The van der Waals surface area contributed by atoms with Crippen molar-refractivity contribution in [3.05, 3.63) is 90.3 Å². The molecule has 0 bridgehead atoms. The standard InChI is InChI=1S/C44H48N10O5/c1-28-7-10-32(23-36(28)44(58)53(27-55)37-13-14-38(56)48-43(37)57)52-24-33(25-52)51-19-15-30(16-20-51)50-21-17-31(18-22-50)54-42-39(41(45)46-26-47-42)40(49-54)29-8-11-35(12-9-29)59-34-5-3-2-4-6-34/h2-12,23,26-27,30-31,33,37H,13-22,24-25H2,1H3,(H2,45,46,47)(H,48,56,57). The molecule has 9 rings (SSSR count). The number of ether oxygens (including phenoxy) is 1. The number of aryl methyl sites for hydroxylation is 1. The number of piperidine rings is 3. The molecule has 15 heteroatoms. The number of hydrogen-bond acceptors (Lipinski definition) is 12. The molecule has 0 radical (unpaired) electrons. The molecule has 0 aliphatic carbocycles. The number of para-hydroxylation sites is 1. The van der Waals surface area contributed by atoms with Gasteiger partial charge in [0.1, 0.15) is 35.4 Å². The number of benzene rings is 3. The minimum atomic E-state index is -1.00. The van der Waals surface area contributed by atoms with Crippen molar-refractivity contribution in [1.82, 2.24) is 39.8 Å². The van der Waals surface area contributed by atoms with Crippen LogP contribution >= 0.6 is 0 Å². The Labute approximate surface area is 342 Å². The van der Waals surface area contributed by atoms with Crippen molar-refractivity contribution in [3.63, 3.8) is 0 Å². The number of amides is 4. The van der Waals surface area contributed by atoms with Crippen molar-refractivity contribution >= 4 is 46.7 Å². The molecule has 2 aromatic heterocycles. The third kappa shape index (κ3) is 7.63. The quantitative estimate of drug-likeness (QED) is 0.149. The van der Waals surface area contributed by atoms with Gasteiger partial charge in [0.05, 0.1) is 11.4 Å². The smallest absolute Gasteiger partial charge is 0.261 e. The number of rotatable bonds is 10. The molecule has 3 N–H and O–H groups in total. The molecular weight excluding hydrogens is 749 g/mol. The summed E-state index contributed by atoms with van der Waals surface area (Å²) in [5, 5.41) is 8.14. The number of nitrogen functional groups attached to an aromatic ring is 1. The Kier molecular flexibility index (Phi) is 10.5. The van der Waals surface area contributed by atoms with Gasteiger partial charge in [-0.1, -0.05) is 24.3 Å². The van der Waals surface area contributed by atoms with E-state index >= 15 is 0 Å². The first-order valence-electron chi connectivity index (χ1n) is 20.5. The van der Waals surface area contributed by atoms with E-state index in [0.717, 1.165) is 115 Å². The van der Waals surface area contributed by atoms with Crippen molar-refractivity contribution in [3.8, 4) is 22.8 Å². The average molecular weight is 797 g/mol. The van der Waals surface area contributed by atoms with Crippen LogP contribution < -0.4 is 20.7 Å². The maximum Gasteiger partial charge on any atom is 0.261 e. The first kappa shape index (κ1) is 38.3. The topological polar surface area (TPSA) is 172 Å². The lowest BCUT2D eigenvalue weighted by Gasteiger charge is -2.50. The highest BCUT2D eigenvalue weighted by Crippen LogP contribution is 2.36. The number of aromatic nitrogens is 4. The van der Waals surface area contributed by atoms with Crippen LogP contribution in [-0.4, -0.2) is 116 Å². The molecule has 6 heterocycles. The van der Waals surface area contributed by atoms with Crippen molar-refractivity contribution < 1.29 is 23.9 Å². The molecular formula is C44H48N10O5. The Morgan fingerprint density at radius 3 is 2.22 bits per heavy atom. The number of hydrogen-bond donors (Lipinski definition) is 2. The van der Waals surface area contributed by atoms with Crippen LogP contribution in [-0.2, 0) is 14.4 Å². The Hall–Kier alpha value is -6.19. The van der Waals surface area contributed by atoms with E-state index in [1.807, 2.05) is 79.7 Å². The van der Waals surface area contributed by atoms with Gasteiger partial charge >= 0.3 is 0 Å². The van der Waals surface area contributed by atoms with Crippen molar-refractivity contribution in [1.29, 1.82) is 0 Å².